The molecule has 0 aromatic heterocycles. The van der Waals surface area contributed by atoms with Gasteiger partial charge in [0, 0.05) is 26.1 Å². The minimum atomic E-state index is -0.311. The minimum absolute atomic E-state index is 0.0294. The first-order valence-corrected chi connectivity index (χ1v) is 5.65. The highest BCUT2D eigenvalue weighted by atomic mass is 16.5. The Morgan fingerprint density at radius 2 is 2.06 bits per heavy atom. The van der Waals surface area contributed by atoms with Crippen molar-refractivity contribution >= 4 is 11.8 Å². The first-order chi connectivity index (χ1) is 8.18. The zero-order valence-corrected chi connectivity index (χ0v) is 10.1. The van der Waals surface area contributed by atoms with E-state index in [1.165, 1.54) is 0 Å². The van der Waals surface area contributed by atoms with Crippen molar-refractivity contribution in [3.05, 3.63) is 35.9 Å². The van der Waals surface area contributed by atoms with Gasteiger partial charge in [0.2, 0.25) is 11.8 Å². The van der Waals surface area contributed by atoms with Crippen LogP contribution in [0, 0.1) is 0 Å². The highest BCUT2D eigenvalue weighted by Crippen LogP contribution is 2.13. The van der Waals surface area contributed by atoms with E-state index < -0.39 is 0 Å². The lowest BCUT2D eigenvalue weighted by atomic mass is 10.1. The number of benzene rings is 1. The average Bonchev–Trinajstić information content (AvgIpc) is 2.39. The second-order valence-electron chi connectivity index (χ2n) is 4.19. The van der Waals surface area contributed by atoms with Gasteiger partial charge in [0.1, 0.15) is 6.04 Å². The molecular weight excluding hydrogens is 216 g/mol. The van der Waals surface area contributed by atoms with Gasteiger partial charge in [-0.05, 0) is 12.1 Å². The van der Waals surface area contributed by atoms with Gasteiger partial charge in [-0.1, -0.05) is 18.2 Å². The summed E-state index contributed by atoms with van der Waals surface area (Å²) in [6, 6.07) is 9.35. The third-order valence-electron chi connectivity index (χ3n) is 2.65. The third kappa shape index (κ3) is 2.64. The van der Waals surface area contributed by atoms with Gasteiger partial charge in [0.15, 0.2) is 0 Å². The fourth-order valence-corrected chi connectivity index (χ4v) is 1.73. The van der Waals surface area contributed by atoms with E-state index in [-0.39, 0.29) is 11.9 Å². The topological polar surface area (TPSA) is 41.9 Å². The van der Waals surface area contributed by atoms with Gasteiger partial charge in [-0.2, -0.15) is 0 Å². The summed E-state index contributed by atoms with van der Waals surface area (Å²) in [5.41, 5.74) is 0.920. The molecule has 1 aromatic carbocycles. The van der Waals surface area contributed by atoms with Crippen molar-refractivity contribution in [1.29, 1.82) is 0 Å². The Morgan fingerprint density at radius 3 is 2.71 bits per heavy atom. The SMILES string of the molecule is CN(C)C(=O)C1CCOC(c2ccccc2)=N1. The lowest BCUT2D eigenvalue weighted by molar-refractivity contribution is -0.130. The van der Waals surface area contributed by atoms with Crippen LogP contribution in [0.5, 0.6) is 0 Å². The maximum atomic E-state index is 11.8. The van der Waals surface area contributed by atoms with E-state index in [1.807, 2.05) is 30.3 Å². The second-order valence-corrected chi connectivity index (χ2v) is 4.19. The molecule has 1 aromatic rings. The van der Waals surface area contributed by atoms with Gasteiger partial charge < -0.3 is 9.64 Å². The summed E-state index contributed by atoms with van der Waals surface area (Å²) in [6.07, 6.45) is 0.646. The summed E-state index contributed by atoms with van der Waals surface area (Å²) in [6.45, 7) is 0.540. The molecule has 0 radical (unpaired) electrons. The number of carbonyl (C=O) groups is 1. The zero-order valence-electron chi connectivity index (χ0n) is 10.1. The molecule has 0 saturated carbocycles. The van der Waals surface area contributed by atoms with Crippen LogP contribution in [-0.2, 0) is 9.53 Å². The smallest absolute Gasteiger partial charge is 0.247 e. The summed E-state index contributed by atoms with van der Waals surface area (Å²) in [5.74, 6) is 0.596. The Kier molecular flexibility index (Phi) is 3.42. The molecule has 17 heavy (non-hydrogen) atoms. The van der Waals surface area contributed by atoms with Crippen LogP contribution in [0.1, 0.15) is 12.0 Å². The van der Waals surface area contributed by atoms with Gasteiger partial charge in [0.05, 0.1) is 6.61 Å². The maximum absolute atomic E-state index is 11.8. The van der Waals surface area contributed by atoms with Crippen LogP contribution in [0.25, 0.3) is 0 Å². The quantitative estimate of drug-likeness (QED) is 0.771. The van der Waals surface area contributed by atoms with Crippen LogP contribution in [0.4, 0.5) is 0 Å². The first kappa shape index (κ1) is 11.6. The fraction of sp³-hybridized carbons (Fsp3) is 0.385. The lowest BCUT2D eigenvalue weighted by Gasteiger charge is -2.23. The van der Waals surface area contributed by atoms with Crippen LogP contribution in [-0.4, -0.2) is 43.4 Å². The molecule has 90 valence electrons. The van der Waals surface area contributed by atoms with E-state index in [1.54, 1.807) is 19.0 Å². The molecule has 1 heterocycles. The van der Waals surface area contributed by atoms with Gasteiger partial charge in [-0.25, -0.2) is 4.99 Å². The predicted molar refractivity (Wildman–Crippen MR) is 66.0 cm³/mol. The molecule has 0 aliphatic carbocycles. The number of carbonyl (C=O) groups excluding carboxylic acids is 1. The number of ether oxygens (including phenoxy) is 1. The normalized spacial score (nSPS) is 19.2. The van der Waals surface area contributed by atoms with Crippen LogP contribution < -0.4 is 0 Å². The van der Waals surface area contributed by atoms with Crippen LogP contribution in [0.2, 0.25) is 0 Å². The highest BCUT2D eigenvalue weighted by Gasteiger charge is 2.24. The molecule has 4 heteroatoms. The number of hydrogen-bond acceptors (Lipinski definition) is 3. The first-order valence-electron chi connectivity index (χ1n) is 5.65. The molecule has 2 rings (SSSR count). The van der Waals surface area contributed by atoms with Crippen LogP contribution in [0.3, 0.4) is 0 Å². The van der Waals surface area contributed by atoms with E-state index >= 15 is 0 Å². The summed E-state index contributed by atoms with van der Waals surface area (Å²) in [7, 11) is 3.49. The highest BCUT2D eigenvalue weighted by molar-refractivity contribution is 5.96. The average molecular weight is 232 g/mol. The number of nitrogens with zero attached hydrogens (tertiary/aromatic N) is 2. The van der Waals surface area contributed by atoms with Gasteiger partial charge in [-0.15, -0.1) is 0 Å². The molecular formula is C13H16N2O2. The van der Waals surface area contributed by atoms with Crippen molar-refractivity contribution in [1.82, 2.24) is 4.90 Å². The van der Waals surface area contributed by atoms with E-state index in [4.69, 9.17) is 4.74 Å². The zero-order chi connectivity index (χ0) is 12.3. The monoisotopic (exact) mass is 232 g/mol. The van der Waals surface area contributed by atoms with Crippen molar-refractivity contribution in [2.75, 3.05) is 20.7 Å². The minimum Gasteiger partial charge on any atom is -0.477 e. The van der Waals surface area contributed by atoms with E-state index in [0.29, 0.717) is 18.9 Å². The fourth-order valence-electron chi connectivity index (χ4n) is 1.73. The molecule has 0 saturated heterocycles. The van der Waals surface area contributed by atoms with Crippen molar-refractivity contribution < 1.29 is 9.53 Å². The Hall–Kier alpha value is -1.84. The van der Waals surface area contributed by atoms with Gasteiger partial charge in [-0.3, -0.25) is 4.79 Å². The molecule has 1 atom stereocenters. The van der Waals surface area contributed by atoms with Gasteiger partial charge >= 0.3 is 0 Å². The molecule has 0 N–H and O–H groups in total. The molecule has 0 bridgehead atoms. The number of likely N-dealkylation sites (N-methyl/N-ethyl adjacent to an activating group) is 1. The van der Waals surface area contributed by atoms with Gasteiger partial charge in [0.25, 0.3) is 0 Å². The summed E-state index contributed by atoms with van der Waals surface area (Å²) in [4.78, 5) is 17.8. The number of amides is 1. The molecule has 0 fully saturated rings. The Bertz CT molecular complexity index is 426. The Morgan fingerprint density at radius 1 is 1.35 bits per heavy atom. The van der Waals surface area contributed by atoms with Crippen molar-refractivity contribution in [3.8, 4) is 0 Å². The molecule has 1 unspecified atom stereocenters. The van der Waals surface area contributed by atoms with E-state index in [2.05, 4.69) is 4.99 Å². The predicted octanol–water partition coefficient (Wildman–Crippen LogP) is 1.31. The lowest BCUT2D eigenvalue weighted by Crippen LogP contribution is -2.36. The molecule has 1 aliphatic heterocycles. The molecule has 0 spiro atoms. The standard InChI is InChI=1S/C13H16N2O2/c1-15(2)13(16)11-8-9-17-12(14-11)10-6-4-3-5-7-10/h3-7,11H,8-9H2,1-2H3. The Labute approximate surface area is 101 Å². The summed E-state index contributed by atoms with van der Waals surface area (Å²) >= 11 is 0. The largest absolute Gasteiger partial charge is 0.477 e. The van der Waals surface area contributed by atoms with Crippen molar-refractivity contribution in [3.63, 3.8) is 0 Å². The third-order valence-corrected chi connectivity index (χ3v) is 2.65. The second kappa shape index (κ2) is 4.99. The number of hydrogen-bond donors (Lipinski definition) is 0. The summed E-state index contributed by atoms with van der Waals surface area (Å²) < 4.78 is 5.50. The Balaban J connectivity index is 2.22. The molecule has 4 nitrogen and oxygen atoms in total. The van der Waals surface area contributed by atoms with Crippen molar-refractivity contribution in [2.45, 2.75) is 12.5 Å². The van der Waals surface area contributed by atoms with Crippen LogP contribution in [0.15, 0.2) is 35.3 Å². The maximum Gasteiger partial charge on any atom is 0.247 e. The molecule has 1 aliphatic rings. The van der Waals surface area contributed by atoms with Crippen molar-refractivity contribution in [2.24, 2.45) is 4.99 Å². The van der Waals surface area contributed by atoms with Crippen LogP contribution >= 0.6 is 0 Å². The summed E-state index contributed by atoms with van der Waals surface area (Å²) in [5, 5.41) is 0. The number of aliphatic imine (C=N–C) groups is 1. The van der Waals surface area contributed by atoms with E-state index in [9.17, 15) is 4.79 Å². The molecule has 1 amide bonds. The van der Waals surface area contributed by atoms with E-state index in [0.717, 1.165) is 5.56 Å². The number of rotatable bonds is 2.